The first-order chi connectivity index (χ1) is 21.2. The number of nitrogen functional groups attached to an aromatic ring is 1. The summed E-state index contributed by atoms with van der Waals surface area (Å²) in [6.45, 7) is 4.38. The highest BCUT2D eigenvalue weighted by atomic mass is 19.2. The lowest BCUT2D eigenvalue weighted by atomic mass is 10.1. The van der Waals surface area contributed by atoms with E-state index in [9.17, 15) is 23.6 Å². The van der Waals surface area contributed by atoms with Crippen molar-refractivity contribution < 1.29 is 18.4 Å². The standard InChI is InChI=1S/C30H28F2N10O2/c1-17(20-6-7-22(31)23(32)12-20)39-29(43)26-28(38-15-21(13-33)40-26)37-14-18-2-4-19(5-3-18)24-16-36-27(34)25(41-24)30(44)42-10-8-35-9-11-42/h2-7,12,15-17,35H,8-11,14H2,1H3,(H2,34,36)(H,37,38)(H,39,43). The van der Waals surface area contributed by atoms with Gasteiger partial charge in [-0.15, -0.1) is 0 Å². The zero-order valence-corrected chi connectivity index (χ0v) is 23.6. The van der Waals surface area contributed by atoms with Gasteiger partial charge in [0, 0.05) is 38.3 Å². The second-order valence-electron chi connectivity index (χ2n) is 10.0. The van der Waals surface area contributed by atoms with Gasteiger partial charge in [-0.3, -0.25) is 9.59 Å². The Morgan fingerprint density at radius 2 is 1.80 bits per heavy atom. The van der Waals surface area contributed by atoms with Crippen LogP contribution in [0.3, 0.4) is 0 Å². The number of piperazine rings is 1. The largest absolute Gasteiger partial charge is 0.382 e. The number of anilines is 2. The zero-order valence-electron chi connectivity index (χ0n) is 23.6. The number of amides is 2. The van der Waals surface area contributed by atoms with Gasteiger partial charge in [0.05, 0.1) is 24.1 Å². The third-order valence-electron chi connectivity index (χ3n) is 7.01. The van der Waals surface area contributed by atoms with Gasteiger partial charge in [0.15, 0.2) is 40.4 Å². The molecule has 14 heteroatoms. The summed E-state index contributed by atoms with van der Waals surface area (Å²) < 4.78 is 27.0. The Morgan fingerprint density at radius 3 is 2.50 bits per heavy atom. The number of nitrogens with two attached hydrogens (primary N) is 1. The number of nitriles is 1. The lowest BCUT2D eigenvalue weighted by molar-refractivity contribution is 0.0730. The first-order valence-corrected chi connectivity index (χ1v) is 13.7. The average Bonchev–Trinajstić information content (AvgIpc) is 3.05. The van der Waals surface area contributed by atoms with Gasteiger partial charge in [-0.2, -0.15) is 5.26 Å². The number of hydrogen-bond acceptors (Lipinski definition) is 10. The van der Waals surface area contributed by atoms with Crippen LogP contribution in [0, 0.1) is 23.0 Å². The highest BCUT2D eigenvalue weighted by Crippen LogP contribution is 2.22. The van der Waals surface area contributed by atoms with E-state index in [1.165, 1.54) is 18.5 Å². The third-order valence-corrected chi connectivity index (χ3v) is 7.01. The van der Waals surface area contributed by atoms with Crippen LogP contribution in [-0.2, 0) is 6.54 Å². The van der Waals surface area contributed by atoms with Crippen molar-refractivity contribution in [2.75, 3.05) is 37.2 Å². The van der Waals surface area contributed by atoms with E-state index in [1.54, 1.807) is 11.8 Å². The van der Waals surface area contributed by atoms with E-state index >= 15 is 0 Å². The summed E-state index contributed by atoms with van der Waals surface area (Å²) in [6.07, 6.45) is 2.75. The monoisotopic (exact) mass is 598 g/mol. The number of rotatable bonds is 8. The number of carbonyl (C=O) groups excluding carboxylic acids is 2. The molecule has 5 rings (SSSR count). The number of benzene rings is 2. The first-order valence-electron chi connectivity index (χ1n) is 13.7. The van der Waals surface area contributed by atoms with Gasteiger partial charge < -0.3 is 26.6 Å². The number of halogens is 2. The van der Waals surface area contributed by atoms with Crippen molar-refractivity contribution in [3.05, 3.63) is 94.7 Å². The first kappa shape index (κ1) is 29.9. The predicted molar refractivity (Wildman–Crippen MR) is 157 cm³/mol. The molecule has 1 atom stereocenters. The molecule has 0 bridgehead atoms. The van der Waals surface area contributed by atoms with Crippen molar-refractivity contribution in [2.24, 2.45) is 0 Å². The van der Waals surface area contributed by atoms with E-state index in [2.05, 4.69) is 35.9 Å². The summed E-state index contributed by atoms with van der Waals surface area (Å²) in [7, 11) is 0. The van der Waals surface area contributed by atoms with E-state index in [-0.39, 0.29) is 41.2 Å². The Kier molecular flexibility index (Phi) is 8.96. The SMILES string of the molecule is CC(NC(=O)c1nc(C#N)cnc1NCc1ccc(-c2cnc(N)c(C(=O)N3CCNCC3)n2)cc1)c1ccc(F)c(F)c1. The fraction of sp³-hybridized carbons (Fsp3) is 0.233. The third kappa shape index (κ3) is 6.74. The second-order valence-corrected chi connectivity index (χ2v) is 10.0. The van der Waals surface area contributed by atoms with Gasteiger partial charge in [0.25, 0.3) is 11.8 Å². The van der Waals surface area contributed by atoms with Gasteiger partial charge in [-0.05, 0) is 30.2 Å². The van der Waals surface area contributed by atoms with E-state index in [0.717, 1.165) is 23.3 Å². The van der Waals surface area contributed by atoms with Crippen molar-refractivity contribution in [1.82, 2.24) is 35.5 Å². The molecule has 2 amide bonds. The summed E-state index contributed by atoms with van der Waals surface area (Å²) in [5, 5.41) is 18.2. The van der Waals surface area contributed by atoms with Crippen LogP contribution >= 0.6 is 0 Å². The van der Waals surface area contributed by atoms with Crippen molar-refractivity contribution in [2.45, 2.75) is 19.5 Å². The van der Waals surface area contributed by atoms with Crippen LogP contribution < -0.4 is 21.7 Å². The Hall–Kier alpha value is -5.55. The molecule has 0 saturated carbocycles. The molecule has 4 aromatic rings. The summed E-state index contributed by atoms with van der Waals surface area (Å²) >= 11 is 0. The molecule has 12 nitrogen and oxygen atoms in total. The Balaban J connectivity index is 1.28. The van der Waals surface area contributed by atoms with Crippen LogP contribution in [0.2, 0.25) is 0 Å². The number of hydrogen-bond donors (Lipinski definition) is 4. The van der Waals surface area contributed by atoms with Gasteiger partial charge in [0.2, 0.25) is 0 Å². The van der Waals surface area contributed by atoms with Gasteiger partial charge in [-0.25, -0.2) is 28.7 Å². The zero-order chi connectivity index (χ0) is 31.2. The molecule has 2 aromatic carbocycles. The van der Waals surface area contributed by atoms with Crippen LogP contribution in [0.25, 0.3) is 11.3 Å². The molecule has 3 heterocycles. The van der Waals surface area contributed by atoms with Gasteiger partial charge in [-0.1, -0.05) is 30.3 Å². The normalized spacial score (nSPS) is 13.5. The van der Waals surface area contributed by atoms with Gasteiger partial charge in [0.1, 0.15) is 6.07 Å². The van der Waals surface area contributed by atoms with E-state index in [1.807, 2.05) is 30.3 Å². The van der Waals surface area contributed by atoms with Gasteiger partial charge >= 0.3 is 0 Å². The molecule has 0 spiro atoms. The highest BCUT2D eigenvalue weighted by Gasteiger charge is 2.23. The number of nitrogens with one attached hydrogen (secondary N) is 3. The maximum atomic E-state index is 13.7. The minimum atomic E-state index is -1.03. The highest BCUT2D eigenvalue weighted by molar-refractivity contribution is 5.97. The molecule has 44 heavy (non-hydrogen) atoms. The lowest BCUT2D eigenvalue weighted by Crippen LogP contribution is -2.46. The Morgan fingerprint density at radius 1 is 1.05 bits per heavy atom. The van der Waals surface area contributed by atoms with E-state index < -0.39 is 23.6 Å². The fourth-order valence-electron chi connectivity index (χ4n) is 4.55. The maximum absolute atomic E-state index is 13.7. The molecule has 224 valence electrons. The summed E-state index contributed by atoms with van der Waals surface area (Å²) in [5.41, 5.74) is 8.28. The lowest BCUT2D eigenvalue weighted by Gasteiger charge is -2.27. The molecule has 1 saturated heterocycles. The molecule has 2 aromatic heterocycles. The molecule has 1 aliphatic heterocycles. The van der Waals surface area contributed by atoms with Crippen LogP contribution in [0.5, 0.6) is 0 Å². The molecular weight excluding hydrogens is 570 g/mol. The molecule has 0 radical (unpaired) electrons. The minimum absolute atomic E-state index is 0.0649. The summed E-state index contributed by atoms with van der Waals surface area (Å²) in [5.74, 6) is -2.74. The Labute approximate surface area is 251 Å². The van der Waals surface area contributed by atoms with Crippen molar-refractivity contribution >= 4 is 23.5 Å². The van der Waals surface area contributed by atoms with Crippen LogP contribution in [0.15, 0.2) is 54.9 Å². The molecular formula is C30H28F2N10O2. The molecule has 5 N–H and O–H groups in total. The van der Waals surface area contributed by atoms with Crippen LogP contribution in [-0.4, -0.2) is 62.8 Å². The second kappa shape index (κ2) is 13.2. The van der Waals surface area contributed by atoms with E-state index in [4.69, 9.17) is 5.73 Å². The van der Waals surface area contributed by atoms with Crippen LogP contribution in [0.1, 0.15) is 50.8 Å². The molecule has 0 aliphatic carbocycles. The average molecular weight is 599 g/mol. The Bertz CT molecular complexity index is 1740. The maximum Gasteiger partial charge on any atom is 0.276 e. The molecule has 1 aliphatic rings. The quantitative estimate of drug-likeness (QED) is 0.236. The van der Waals surface area contributed by atoms with Crippen molar-refractivity contribution in [3.63, 3.8) is 0 Å². The number of aromatic nitrogens is 4. The molecule has 1 unspecified atom stereocenters. The minimum Gasteiger partial charge on any atom is -0.382 e. The topological polar surface area (TPSA) is 175 Å². The van der Waals surface area contributed by atoms with Crippen molar-refractivity contribution in [3.8, 4) is 17.3 Å². The van der Waals surface area contributed by atoms with Crippen LogP contribution in [0.4, 0.5) is 20.4 Å². The number of carbonyl (C=O) groups is 2. The fourth-order valence-corrected chi connectivity index (χ4v) is 4.55. The van der Waals surface area contributed by atoms with Crippen molar-refractivity contribution in [1.29, 1.82) is 5.26 Å². The summed E-state index contributed by atoms with van der Waals surface area (Å²) in [6, 6.07) is 11.8. The number of nitrogens with zero attached hydrogens (tertiary/aromatic N) is 6. The summed E-state index contributed by atoms with van der Waals surface area (Å²) in [4.78, 5) is 44.8. The predicted octanol–water partition coefficient (Wildman–Crippen LogP) is 2.81. The van der Waals surface area contributed by atoms with E-state index in [0.29, 0.717) is 37.4 Å². The molecule has 1 fully saturated rings. The smallest absolute Gasteiger partial charge is 0.276 e.